The van der Waals surface area contributed by atoms with Crippen molar-refractivity contribution in [1.82, 2.24) is 0 Å². The number of benzene rings is 1. The van der Waals surface area contributed by atoms with Crippen molar-refractivity contribution in [2.75, 3.05) is 6.26 Å². The molecule has 0 spiro atoms. The fraction of sp³-hybridized carbons (Fsp3) is 0.200. The third-order valence-electron chi connectivity index (χ3n) is 2.03. The van der Waals surface area contributed by atoms with Crippen LogP contribution in [0.1, 0.15) is 5.56 Å². The molecule has 0 saturated carbocycles. The minimum absolute atomic E-state index is 0.140. The van der Waals surface area contributed by atoms with Crippen molar-refractivity contribution >= 4 is 44.8 Å². The monoisotopic (exact) mass is 246 g/mol. The molecule has 2 rings (SSSR count). The largest absolute Gasteiger partial charge is 0.195 e. The van der Waals surface area contributed by atoms with Crippen LogP contribution in [0.2, 0.25) is 0 Å². The minimum atomic E-state index is -0.140. The van der Waals surface area contributed by atoms with Crippen molar-refractivity contribution in [3.8, 4) is 0 Å². The van der Waals surface area contributed by atoms with Gasteiger partial charge in [-0.05, 0) is 35.4 Å². The number of rotatable bonds is 2. The highest BCUT2D eigenvalue weighted by molar-refractivity contribution is 7.98. The summed E-state index contributed by atoms with van der Waals surface area (Å²) in [4.78, 5) is 1.13. The first kappa shape index (κ1) is 10.3. The Balaban J connectivity index is 2.68. The van der Waals surface area contributed by atoms with Crippen LogP contribution >= 0.6 is 34.7 Å². The van der Waals surface area contributed by atoms with Crippen LogP contribution in [-0.4, -0.2) is 6.26 Å². The summed E-state index contributed by atoms with van der Waals surface area (Å²) in [7, 11) is 0. The number of hydrogen-bond acceptors (Lipinski definition) is 2. The van der Waals surface area contributed by atoms with E-state index < -0.39 is 0 Å². The second-order valence-corrected chi connectivity index (χ2v) is 5.04. The number of thiophene rings is 1. The van der Waals surface area contributed by atoms with Crippen LogP contribution in [0.5, 0.6) is 0 Å². The lowest BCUT2D eigenvalue weighted by atomic mass is 10.2. The van der Waals surface area contributed by atoms with Gasteiger partial charge in [0.2, 0.25) is 0 Å². The Morgan fingerprint density at radius 3 is 2.86 bits per heavy atom. The summed E-state index contributed by atoms with van der Waals surface area (Å²) in [5.41, 5.74) is 1.07. The molecule has 74 valence electrons. The molecule has 0 unspecified atom stereocenters. The predicted octanol–water partition coefficient (Wildman–Crippen LogP) is 4.50. The lowest BCUT2D eigenvalue weighted by Gasteiger charge is -2.03. The van der Waals surface area contributed by atoms with Crippen LogP contribution in [0.3, 0.4) is 0 Å². The molecule has 0 nitrogen and oxygen atoms in total. The molecule has 1 aromatic carbocycles. The molecule has 1 heterocycles. The fourth-order valence-electron chi connectivity index (χ4n) is 1.38. The van der Waals surface area contributed by atoms with Gasteiger partial charge >= 0.3 is 0 Å². The van der Waals surface area contributed by atoms with Crippen LogP contribution in [0.15, 0.2) is 23.1 Å². The summed E-state index contributed by atoms with van der Waals surface area (Å²) in [5, 5.41) is 0.805. The Hall–Kier alpha value is -0.250. The molecule has 4 heteroatoms. The normalized spacial score (nSPS) is 11.1. The molecule has 0 aliphatic heterocycles. The van der Waals surface area contributed by atoms with Crippen molar-refractivity contribution in [2.45, 2.75) is 10.8 Å². The average molecular weight is 247 g/mol. The second kappa shape index (κ2) is 4.09. The van der Waals surface area contributed by atoms with Gasteiger partial charge in [-0.25, -0.2) is 0 Å². The van der Waals surface area contributed by atoms with Gasteiger partial charge in [-0.2, -0.15) is 4.39 Å². The summed E-state index contributed by atoms with van der Waals surface area (Å²) in [6.07, 6.45) is 2.00. The van der Waals surface area contributed by atoms with Gasteiger partial charge in [0.05, 0.1) is 0 Å². The van der Waals surface area contributed by atoms with Gasteiger partial charge in [0.15, 0.2) is 5.13 Å². The predicted molar refractivity (Wildman–Crippen MR) is 63.1 cm³/mol. The number of hydrogen-bond donors (Lipinski definition) is 0. The molecule has 1 aromatic heterocycles. The van der Waals surface area contributed by atoms with Crippen molar-refractivity contribution < 1.29 is 4.39 Å². The summed E-state index contributed by atoms with van der Waals surface area (Å²) < 4.78 is 14.0. The Bertz CT molecular complexity index is 423. The van der Waals surface area contributed by atoms with Crippen LogP contribution in [-0.2, 0) is 5.88 Å². The molecular formula is C10H8ClFS2. The SMILES string of the molecule is CSc1cc2sc(F)cc2cc1CCl. The molecular weight excluding hydrogens is 239 g/mol. The maximum Gasteiger partial charge on any atom is 0.177 e. The smallest absolute Gasteiger partial charge is 0.177 e. The first-order chi connectivity index (χ1) is 6.74. The maximum atomic E-state index is 13.0. The number of halogens is 2. The van der Waals surface area contributed by atoms with Crippen molar-refractivity contribution in [3.05, 3.63) is 28.9 Å². The molecule has 0 fully saturated rings. The number of alkyl halides is 1. The van der Waals surface area contributed by atoms with Gasteiger partial charge in [0.1, 0.15) is 0 Å². The number of fused-ring (bicyclic) bond motifs is 1. The Morgan fingerprint density at radius 1 is 1.43 bits per heavy atom. The van der Waals surface area contributed by atoms with E-state index in [1.807, 2.05) is 18.4 Å². The van der Waals surface area contributed by atoms with Crippen LogP contribution in [0, 0.1) is 5.13 Å². The lowest BCUT2D eigenvalue weighted by Crippen LogP contribution is -1.81. The quantitative estimate of drug-likeness (QED) is 0.555. The van der Waals surface area contributed by atoms with E-state index in [9.17, 15) is 4.39 Å². The first-order valence-electron chi connectivity index (χ1n) is 4.06. The molecule has 0 N–H and O–H groups in total. The van der Waals surface area contributed by atoms with E-state index in [4.69, 9.17) is 11.6 Å². The van der Waals surface area contributed by atoms with E-state index in [-0.39, 0.29) is 5.13 Å². The van der Waals surface area contributed by atoms with Crippen LogP contribution < -0.4 is 0 Å². The molecule has 14 heavy (non-hydrogen) atoms. The molecule has 0 bridgehead atoms. The summed E-state index contributed by atoms with van der Waals surface area (Å²) in [6.45, 7) is 0. The van der Waals surface area contributed by atoms with Crippen molar-refractivity contribution in [2.24, 2.45) is 0 Å². The van der Waals surface area contributed by atoms with Gasteiger partial charge in [-0.15, -0.1) is 34.7 Å². The van der Waals surface area contributed by atoms with Gasteiger partial charge in [-0.1, -0.05) is 0 Å². The van der Waals surface area contributed by atoms with E-state index in [0.29, 0.717) is 5.88 Å². The second-order valence-electron chi connectivity index (χ2n) is 2.89. The number of thioether (sulfide) groups is 1. The topological polar surface area (TPSA) is 0 Å². The van der Waals surface area contributed by atoms with Crippen LogP contribution in [0.25, 0.3) is 10.1 Å². The van der Waals surface area contributed by atoms with Gasteiger partial charge < -0.3 is 0 Å². The van der Waals surface area contributed by atoms with E-state index >= 15 is 0 Å². The zero-order chi connectivity index (χ0) is 10.1. The highest BCUT2D eigenvalue weighted by atomic mass is 35.5. The Kier molecular flexibility index (Phi) is 3.00. The zero-order valence-corrected chi connectivity index (χ0v) is 9.90. The first-order valence-corrected chi connectivity index (χ1v) is 6.64. The Labute approximate surface area is 95.1 Å². The highest BCUT2D eigenvalue weighted by Crippen LogP contribution is 2.32. The van der Waals surface area contributed by atoms with E-state index in [1.165, 1.54) is 11.3 Å². The average Bonchev–Trinajstić information content (AvgIpc) is 2.54. The molecule has 0 atom stereocenters. The Morgan fingerprint density at radius 2 is 2.21 bits per heavy atom. The van der Waals surface area contributed by atoms with Crippen molar-refractivity contribution in [3.63, 3.8) is 0 Å². The van der Waals surface area contributed by atoms with Crippen LogP contribution in [0.4, 0.5) is 4.39 Å². The molecule has 0 radical (unpaired) electrons. The summed E-state index contributed by atoms with van der Waals surface area (Å²) in [6, 6.07) is 5.53. The molecule has 0 aliphatic carbocycles. The third-order valence-corrected chi connectivity index (χ3v) is 4.03. The summed E-state index contributed by atoms with van der Waals surface area (Å²) >= 11 is 8.64. The van der Waals surface area contributed by atoms with E-state index in [2.05, 4.69) is 0 Å². The minimum Gasteiger partial charge on any atom is -0.195 e. The fourth-order valence-corrected chi connectivity index (χ4v) is 3.19. The van der Waals surface area contributed by atoms with Gasteiger partial charge in [0, 0.05) is 15.5 Å². The standard InChI is InChI=1S/C10H8ClFS2/c1-13-8-4-9-6(2-7(8)5-11)3-10(12)14-9/h2-4H,5H2,1H3. The third kappa shape index (κ3) is 1.76. The van der Waals surface area contributed by atoms with Gasteiger partial charge in [-0.3, -0.25) is 0 Å². The molecule has 0 amide bonds. The van der Waals surface area contributed by atoms with Gasteiger partial charge in [0.25, 0.3) is 0 Å². The maximum absolute atomic E-state index is 13.0. The van der Waals surface area contributed by atoms with Crippen molar-refractivity contribution in [1.29, 1.82) is 0 Å². The summed E-state index contributed by atoms with van der Waals surface area (Å²) in [5.74, 6) is 0.476. The molecule has 0 aliphatic rings. The molecule has 0 saturated heterocycles. The highest BCUT2D eigenvalue weighted by Gasteiger charge is 2.06. The molecule has 2 aromatic rings. The zero-order valence-electron chi connectivity index (χ0n) is 7.51. The lowest BCUT2D eigenvalue weighted by molar-refractivity contribution is 0.658. The van der Waals surface area contributed by atoms with E-state index in [0.717, 1.165) is 20.5 Å². The van der Waals surface area contributed by atoms with E-state index in [1.54, 1.807) is 17.8 Å².